The summed E-state index contributed by atoms with van der Waals surface area (Å²) in [4.78, 5) is 33.0. The Kier molecular flexibility index (Phi) is 2.97. The number of nitrogens with zero attached hydrogens (tertiary/aromatic N) is 1. The molecular weight excluding hydrogens is 252 g/mol. The number of aryl methyl sites for hydroxylation is 1. The lowest BCUT2D eigenvalue weighted by atomic mass is 10.1. The fourth-order valence-corrected chi connectivity index (χ4v) is 1.81. The van der Waals surface area contributed by atoms with Gasteiger partial charge in [0, 0.05) is 17.7 Å². The van der Waals surface area contributed by atoms with Gasteiger partial charge < -0.3 is 10.4 Å². The highest BCUT2D eigenvalue weighted by molar-refractivity contribution is 5.99. The average Bonchev–Trinajstić information content (AvgIpc) is 3.09. The van der Waals surface area contributed by atoms with E-state index in [0.717, 1.165) is 6.07 Å². The van der Waals surface area contributed by atoms with Crippen molar-refractivity contribution < 1.29 is 19.6 Å². The molecule has 100 valence electrons. The number of hydrogen-bond donors (Lipinski definition) is 2. The van der Waals surface area contributed by atoms with Crippen LogP contribution in [0.4, 0.5) is 5.69 Å². The summed E-state index contributed by atoms with van der Waals surface area (Å²) < 4.78 is 0. The van der Waals surface area contributed by atoms with Crippen LogP contribution in [-0.4, -0.2) is 27.4 Å². The van der Waals surface area contributed by atoms with Gasteiger partial charge >= 0.3 is 5.97 Å². The minimum absolute atomic E-state index is 0.0965. The number of nitro groups is 1. The number of rotatable bonds is 4. The summed E-state index contributed by atoms with van der Waals surface area (Å²) in [6.45, 7) is 1.63. The van der Waals surface area contributed by atoms with Crippen molar-refractivity contribution in [3.8, 4) is 0 Å². The Labute approximate surface area is 108 Å². The van der Waals surface area contributed by atoms with Crippen molar-refractivity contribution in [1.29, 1.82) is 0 Å². The molecule has 2 rings (SSSR count). The van der Waals surface area contributed by atoms with E-state index in [0.29, 0.717) is 18.4 Å². The maximum Gasteiger partial charge on any atom is 0.329 e. The quantitative estimate of drug-likeness (QED) is 0.628. The molecule has 0 radical (unpaired) electrons. The molecule has 0 aromatic heterocycles. The molecule has 0 atom stereocenters. The fourth-order valence-electron chi connectivity index (χ4n) is 1.81. The molecule has 19 heavy (non-hydrogen) atoms. The first kappa shape index (κ1) is 13.0. The van der Waals surface area contributed by atoms with Crippen LogP contribution in [0, 0.1) is 17.0 Å². The number of carbonyl (C=O) groups is 2. The van der Waals surface area contributed by atoms with Crippen molar-refractivity contribution in [1.82, 2.24) is 5.32 Å². The number of hydrogen-bond acceptors (Lipinski definition) is 4. The Morgan fingerprint density at radius 1 is 1.37 bits per heavy atom. The monoisotopic (exact) mass is 264 g/mol. The molecule has 1 fully saturated rings. The second-order valence-corrected chi connectivity index (χ2v) is 4.66. The van der Waals surface area contributed by atoms with E-state index in [-0.39, 0.29) is 11.3 Å². The van der Waals surface area contributed by atoms with E-state index < -0.39 is 22.3 Å². The number of nitrogens with one attached hydrogen (secondary N) is 1. The van der Waals surface area contributed by atoms with Crippen LogP contribution in [0.5, 0.6) is 0 Å². The highest BCUT2D eigenvalue weighted by atomic mass is 16.6. The van der Waals surface area contributed by atoms with Gasteiger partial charge in [-0.05, 0) is 31.4 Å². The lowest BCUT2D eigenvalue weighted by molar-refractivity contribution is -0.384. The van der Waals surface area contributed by atoms with Gasteiger partial charge in [-0.3, -0.25) is 14.9 Å². The normalized spacial score (nSPS) is 15.6. The van der Waals surface area contributed by atoms with Gasteiger partial charge in [-0.25, -0.2) is 4.79 Å². The van der Waals surface area contributed by atoms with Crippen molar-refractivity contribution >= 4 is 17.6 Å². The van der Waals surface area contributed by atoms with Crippen LogP contribution in [0.1, 0.15) is 28.8 Å². The molecule has 1 amide bonds. The van der Waals surface area contributed by atoms with Gasteiger partial charge in [-0.15, -0.1) is 0 Å². The van der Waals surface area contributed by atoms with Gasteiger partial charge in [0.15, 0.2) is 0 Å². The van der Waals surface area contributed by atoms with Crippen molar-refractivity contribution in [2.75, 3.05) is 0 Å². The highest BCUT2D eigenvalue weighted by Gasteiger charge is 2.51. The maximum absolute atomic E-state index is 11.9. The largest absolute Gasteiger partial charge is 0.480 e. The molecule has 1 aliphatic rings. The van der Waals surface area contributed by atoms with E-state index in [2.05, 4.69) is 5.32 Å². The summed E-state index contributed by atoms with van der Waals surface area (Å²) in [6, 6.07) is 3.97. The van der Waals surface area contributed by atoms with E-state index >= 15 is 0 Å². The fraction of sp³-hybridized carbons (Fsp3) is 0.333. The summed E-state index contributed by atoms with van der Waals surface area (Å²) in [5.74, 6) is -1.69. The highest BCUT2D eigenvalue weighted by Crippen LogP contribution is 2.35. The number of carbonyl (C=O) groups excluding carboxylic acids is 1. The first-order chi connectivity index (χ1) is 8.84. The molecule has 1 aliphatic carbocycles. The average molecular weight is 264 g/mol. The Morgan fingerprint density at radius 2 is 2.00 bits per heavy atom. The smallest absolute Gasteiger partial charge is 0.329 e. The van der Waals surface area contributed by atoms with E-state index in [9.17, 15) is 19.7 Å². The van der Waals surface area contributed by atoms with E-state index in [1.54, 1.807) is 6.92 Å². The van der Waals surface area contributed by atoms with Gasteiger partial charge in [0.2, 0.25) is 0 Å². The SMILES string of the molecule is Cc1cc(C(=O)NC2(C(=O)O)CC2)cc([N+](=O)[O-])c1. The molecule has 2 N–H and O–H groups in total. The molecular formula is C12H12N2O5. The number of amides is 1. The predicted molar refractivity (Wildman–Crippen MR) is 64.9 cm³/mol. The third-order valence-corrected chi connectivity index (χ3v) is 3.05. The van der Waals surface area contributed by atoms with E-state index in [1.807, 2.05) is 0 Å². The zero-order chi connectivity index (χ0) is 14.2. The van der Waals surface area contributed by atoms with Crippen LogP contribution in [-0.2, 0) is 4.79 Å². The Bertz CT molecular complexity index is 577. The zero-order valence-corrected chi connectivity index (χ0v) is 10.2. The molecule has 0 unspecified atom stereocenters. The minimum atomic E-state index is -1.20. The number of benzene rings is 1. The van der Waals surface area contributed by atoms with Crippen molar-refractivity contribution in [2.45, 2.75) is 25.3 Å². The maximum atomic E-state index is 11.9. The number of aliphatic carboxylic acids is 1. The summed E-state index contributed by atoms with van der Waals surface area (Å²) in [7, 11) is 0. The van der Waals surface area contributed by atoms with Crippen LogP contribution in [0.3, 0.4) is 0 Å². The molecule has 0 bridgehead atoms. The topological polar surface area (TPSA) is 110 Å². The van der Waals surface area contributed by atoms with Crippen LogP contribution in [0.25, 0.3) is 0 Å². The van der Waals surface area contributed by atoms with Crippen LogP contribution < -0.4 is 5.32 Å². The van der Waals surface area contributed by atoms with E-state index in [4.69, 9.17) is 5.11 Å². The number of non-ortho nitro benzene ring substituents is 1. The Hall–Kier alpha value is -2.44. The molecule has 0 saturated heterocycles. The standard InChI is InChI=1S/C12H12N2O5/c1-7-4-8(6-9(5-7)14(18)19)10(15)13-12(2-3-12)11(16)17/h4-6H,2-3H2,1H3,(H,13,15)(H,16,17). The molecule has 1 aromatic carbocycles. The summed E-state index contributed by atoms with van der Waals surface area (Å²) in [5.41, 5.74) is -0.723. The van der Waals surface area contributed by atoms with Gasteiger partial charge in [-0.1, -0.05) is 0 Å². The third-order valence-electron chi connectivity index (χ3n) is 3.05. The van der Waals surface area contributed by atoms with Crippen LogP contribution in [0.2, 0.25) is 0 Å². The first-order valence-electron chi connectivity index (χ1n) is 5.66. The molecule has 1 saturated carbocycles. The van der Waals surface area contributed by atoms with Gasteiger partial charge in [0.1, 0.15) is 5.54 Å². The van der Waals surface area contributed by atoms with Gasteiger partial charge in [0.05, 0.1) is 4.92 Å². The molecule has 0 heterocycles. The second kappa shape index (κ2) is 4.34. The first-order valence-corrected chi connectivity index (χ1v) is 5.66. The molecule has 7 heteroatoms. The van der Waals surface area contributed by atoms with Gasteiger partial charge in [0.25, 0.3) is 11.6 Å². The number of carboxylic acids is 1. The zero-order valence-electron chi connectivity index (χ0n) is 10.2. The molecule has 0 aliphatic heterocycles. The molecule has 1 aromatic rings. The molecule has 0 spiro atoms. The van der Waals surface area contributed by atoms with E-state index in [1.165, 1.54) is 12.1 Å². The number of nitro benzene ring substituents is 1. The van der Waals surface area contributed by atoms with Crippen molar-refractivity contribution in [3.63, 3.8) is 0 Å². The lowest BCUT2D eigenvalue weighted by Gasteiger charge is -2.12. The summed E-state index contributed by atoms with van der Waals surface area (Å²) in [5, 5.41) is 22.1. The second-order valence-electron chi connectivity index (χ2n) is 4.66. The summed E-state index contributed by atoms with van der Waals surface area (Å²) >= 11 is 0. The van der Waals surface area contributed by atoms with Crippen molar-refractivity contribution in [3.05, 3.63) is 39.4 Å². The van der Waals surface area contributed by atoms with Crippen molar-refractivity contribution in [2.24, 2.45) is 0 Å². The lowest BCUT2D eigenvalue weighted by Crippen LogP contribution is -2.43. The predicted octanol–water partition coefficient (Wildman–Crippen LogP) is 1.25. The summed E-state index contributed by atoms with van der Waals surface area (Å²) in [6.07, 6.45) is 0.754. The van der Waals surface area contributed by atoms with Gasteiger partial charge in [-0.2, -0.15) is 0 Å². The Morgan fingerprint density at radius 3 is 2.47 bits per heavy atom. The van der Waals surface area contributed by atoms with Crippen LogP contribution in [0.15, 0.2) is 18.2 Å². The third kappa shape index (κ3) is 2.54. The molecule has 7 nitrogen and oxygen atoms in total. The van der Waals surface area contributed by atoms with Crippen LogP contribution >= 0.6 is 0 Å². The Balaban J connectivity index is 2.25. The number of carboxylic acid groups (broad SMARTS) is 1. The minimum Gasteiger partial charge on any atom is -0.480 e.